The van der Waals surface area contributed by atoms with Crippen LogP contribution in [0.5, 0.6) is 0 Å². The summed E-state index contributed by atoms with van der Waals surface area (Å²) in [6.45, 7) is 7.59. The summed E-state index contributed by atoms with van der Waals surface area (Å²) in [7, 11) is 0. The van der Waals surface area contributed by atoms with Crippen LogP contribution in [0.1, 0.15) is 5.56 Å². The molecule has 0 amide bonds. The van der Waals surface area contributed by atoms with Crippen molar-refractivity contribution in [2.24, 2.45) is 0 Å². The normalized spacial score (nSPS) is 11.6. The molecule has 0 saturated heterocycles. The van der Waals surface area contributed by atoms with Gasteiger partial charge in [0.1, 0.15) is 0 Å². The number of nitriles is 1. The largest absolute Gasteiger partial charge is 0.309 e. The number of para-hydroxylation sites is 3. The molecule has 55 heavy (non-hydrogen) atoms. The Labute approximate surface area is 320 Å². The molecule has 0 aliphatic rings. The number of rotatable bonds is 4. The van der Waals surface area contributed by atoms with Crippen LogP contribution in [-0.2, 0) is 0 Å². The van der Waals surface area contributed by atoms with E-state index >= 15 is 0 Å². The lowest BCUT2D eigenvalue weighted by atomic mass is 9.93. The van der Waals surface area contributed by atoms with Crippen LogP contribution < -0.4 is 0 Å². The van der Waals surface area contributed by atoms with E-state index in [1.165, 1.54) is 36.6 Å². The summed E-state index contributed by atoms with van der Waals surface area (Å²) in [6.07, 6.45) is 0. The van der Waals surface area contributed by atoms with Gasteiger partial charge in [-0.25, -0.2) is 4.85 Å². The van der Waals surface area contributed by atoms with Crippen LogP contribution in [0.15, 0.2) is 170 Å². The van der Waals surface area contributed by atoms with Gasteiger partial charge in [-0.05, 0) is 93.7 Å². The van der Waals surface area contributed by atoms with Crippen molar-refractivity contribution in [1.82, 2.24) is 9.13 Å². The van der Waals surface area contributed by atoms with Crippen molar-refractivity contribution in [2.75, 3.05) is 0 Å². The third-order valence-corrected chi connectivity index (χ3v) is 12.1. The lowest BCUT2D eigenvalue weighted by Crippen LogP contribution is -1.97. The minimum atomic E-state index is 0.599. The number of aromatic nitrogens is 2. The molecule has 3 aromatic heterocycles. The lowest BCUT2D eigenvalue weighted by molar-refractivity contribution is 1.18. The van der Waals surface area contributed by atoms with Crippen LogP contribution >= 0.6 is 11.3 Å². The van der Waals surface area contributed by atoms with Gasteiger partial charge in [-0.1, -0.05) is 109 Å². The van der Waals surface area contributed by atoms with Gasteiger partial charge in [-0.2, -0.15) is 5.26 Å². The maximum atomic E-state index is 10.4. The van der Waals surface area contributed by atoms with Crippen molar-refractivity contribution in [3.05, 3.63) is 187 Å². The predicted octanol–water partition coefficient (Wildman–Crippen LogP) is 14.0. The lowest BCUT2D eigenvalue weighted by Gasteiger charge is -2.15. The van der Waals surface area contributed by atoms with E-state index in [0.717, 1.165) is 60.8 Å². The van der Waals surface area contributed by atoms with Gasteiger partial charge in [0.25, 0.3) is 0 Å². The fourth-order valence-corrected chi connectivity index (χ4v) is 9.82. The van der Waals surface area contributed by atoms with Crippen LogP contribution in [0.3, 0.4) is 0 Å². The van der Waals surface area contributed by atoms with Gasteiger partial charge in [-0.3, -0.25) is 0 Å². The van der Waals surface area contributed by atoms with E-state index in [0.29, 0.717) is 11.3 Å². The molecule has 0 radical (unpaired) electrons. The molecule has 0 fully saturated rings. The number of hydrogen-bond donors (Lipinski definition) is 0. The number of nitrogens with zero attached hydrogens (tertiary/aromatic N) is 4. The Balaban J connectivity index is 1.11. The first kappa shape index (κ1) is 31.1. The summed E-state index contributed by atoms with van der Waals surface area (Å²) in [5.41, 5.74) is 12.0. The first-order valence-corrected chi connectivity index (χ1v) is 19.0. The highest BCUT2D eigenvalue weighted by Crippen LogP contribution is 2.45. The molecule has 8 aromatic carbocycles. The molecule has 0 saturated carbocycles. The molecule has 0 bridgehead atoms. The third-order valence-electron chi connectivity index (χ3n) is 10.9. The van der Waals surface area contributed by atoms with Crippen LogP contribution in [-0.4, -0.2) is 9.13 Å². The predicted molar refractivity (Wildman–Crippen MR) is 230 cm³/mol. The Morgan fingerprint density at radius 2 is 1.13 bits per heavy atom. The number of thiophene rings is 1. The highest BCUT2D eigenvalue weighted by molar-refractivity contribution is 7.26. The second-order valence-electron chi connectivity index (χ2n) is 13.9. The Morgan fingerprint density at radius 1 is 0.491 bits per heavy atom. The maximum absolute atomic E-state index is 10.4. The second kappa shape index (κ2) is 12.0. The number of fused-ring (bicyclic) bond motifs is 10. The van der Waals surface area contributed by atoms with E-state index in [4.69, 9.17) is 6.57 Å². The molecular formula is C50H28N4S. The zero-order chi connectivity index (χ0) is 36.6. The topological polar surface area (TPSA) is 38.0 Å². The van der Waals surface area contributed by atoms with Crippen LogP contribution in [0.2, 0.25) is 0 Å². The average molecular weight is 717 g/mol. The summed E-state index contributed by atoms with van der Waals surface area (Å²) < 4.78 is 7.02. The molecule has 0 aliphatic carbocycles. The molecule has 0 unspecified atom stereocenters. The van der Waals surface area contributed by atoms with E-state index in [-0.39, 0.29) is 0 Å². The summed E-state index contributed by atoms with van der Waals surface area (Å²) in [4.78, 5) is 3.70. The Bertz CT molecular complexity index is 3420. The molecule has 254 valence electrons. The smallest absolute Gasteiger partial charge is 0.187 e. The molecule has 3 heterocycles. The highest BCUT2D eigenvalue weighted by Gasteiger charge is 2.20. The maximum Gasteiger partial charge on any atom is 0.187 e. The Morgan fingerprint density at radius 3 is 1.85 bits per heavy atom. The van der Waals surface area contributed by atoms with Gasteiger partial charge in [0.15, 0.2) is 5.69 Å². The van der Waals surface area contributed by atoms with Crippen molar-refractivity contribution in [2.45, 2.75) is 0 Å². The van der Waals surface area contributed by atoms with Gasteiger partial charge in [0, 0.05) is 42.3 Å². The molecule has 0 N–H and O–H groups in total. The van der Waals surface area contributed by atoms with Crippen molar-refractivity contribution in [3.8, 4) is 39.7 Å². The minimum Gasteiger partial charge on any atom is -0.309 e. The average Bonchev–Trinajstić information content (AvgIpc) is 3.91. The van der Waals surface area contributed by atoms with Crippen molar-refractivity contribution < 1.29 is 0 Å². The molecular weight excluding hydrogens is 689 g/mol. The number of benzene rings is 8. The first-order chi connectivity index (χ1) is 27.2. The molecule has 11 rings (SSSR count). The first-order valence-electron chi connectivity index (χ1n) is 18.2. The minimum absolute atomic E-state index is 0.599. The summed E-state index contributed by atoms with van der Waals surface area (Å²) >= 11 is 1.77. The fourth-order valence-electron chi connectivity index (χ4n) is 8.58. The number of hydrogen-bond acceptors (Lipinski definition) is 2. The standard InChI is InChI=1S/C50H28N4S/c1-52-34-21-24-48-43(29-34)41-22-23-47-49(50(41)55-48)42-17-6-9-20-46(42)54(47)36-26-31(30-51)25-33(28-36)38-14-3-2-13-37(38)32-11-10-12-35(27-32)53-44-18-7-4-15-39(44)40-16-5-8-19-45(40)53/h2-29H. The second-order valence-corrected chi connectivity index (χ2v) is 15.0. The molecule has 0 spiro atoms. The van der Waals surface area contributed by atoms with Gasteiger partial charge in [0.2, 0.25) is 0 Å². The summed E-state index contributed by atoms with van der Waals surface area (Å²) in [5, 5.41) is 17.5. The third kappa shape index (κ3) is 4.68. The van der Waals surface area contributed by atoms with E-state index in [2.05, 4.69) is 166 Å². The van der Waals surface area contributed by atoms with E-state index in [9.17, 15) is 5.26 Å². The molecule has 5 heteroatoms. The van der Waals surface area contributed by atoms with E-state index in [1.807, 2.05) is 24.3 Å². The summed E-state index contributed by atoms with van der Waals surface area (Å²) in [5.74, 6) is 0. The quantitative estimate of drug-likeness (QED) is 0.167. The van der Waals surface area contributed by atoms with Crippen molar-refractivity contribution in [3.63, 3.8) is 0 Å². The van der Waals surface area contributed by atoms with Crippen LogP contribution in [0.4, 0.5) is 5.69 Å². The Kier molecular flexibility index (Phi) is 6.82. The van der Waals surface area contributed by atoms with Gasteiger partial charge < -0.3 is 9.13 Å². The van der Waals surface area contributed by atoms with Gasteiger partial charge in [0.05, 0.1) is 40.3 Å². The van der Waals surface area contributed by atoms with Crippen molar-refractivity contribution >= 4 is 80.8 Å². The van der Waals surface area contributed by atoms with E-state index < -0.39 is 0 Å². The Hall–Kier alpha value is -7.44. The van der Waals surface area contributed by atoms with Crippen molar-refractivity contribution in [1.29, 1.82) is 5.26 Å². The molecule has 0 atom stereocenters. The zero-order valence-corrected chi connectivity index (χ0v) is 30.2. The molecule has 11 aromatic rings. The fraction of sp³-hybridized carbons (Fsp3) is 0. The van der Waals surface area contributed by atoms with Crippen LogP contribution in [0, 0.1) is 17.9 Å². The SMILES string of the molecule is [C-]#[N+]c1ccc2sc3c(ccc4c3c3ccccc3n4-c3cc(C#N)cc(-c4ccccc4-c4cccc(-n5c6ccccc6c6ccccc65)c4)c3)c2c1. The summed E-state index contributed by atoms with van der Waals surface area (Å²) in [6, 6.07) is 62.0. The van der Waals surface area contributed by atoms with E-state index in [1.54, 1.807) is 11.3 Å². The highest BCUT2D eigenvalue weighted by atomic mass is 32.1. The molecule has 0 aliphatic heterocycles. The van der Waals surface area contributed by atoms with Gasteiger partial charge in [-0.15, -0.1) is 11.3 Å². The molecule has 4 nitrogen and oxygen atoms in total. The monoisotopic (exact) mass is 716 g/mol. The van der Waals surface area contributed by atoms with Gasteiger partial charge >= 0.3 is 0 Å². The zero-order valence-electron chi connectivity index (χ0n) is 29.4. The van der Waals surface area contributed by atoms with Crippen LogP contribution in [0.25, 0.3) is 102 Å².